The molecule has 0 aliphatic carbocycles. The first-order chi connectivity index (χ1) is 10.6. The first-order valence-corrected chi connectivity index (χ1v) is 7.46. The number of hydrogen-bond donors (Lipinski definition) is 1. The highest BCUT2D eigenvalue weighted by atomic mass is 79.9. The van der Waals surface area contributed by atoms with Crippen molar-refractivity contribution in [3.05, 3.63) is 57.8 Å². The second-order valence-electron chi connectivity index (χ2n) is 5.14. The first kappa shape index (κ1) is 13.2. The number of fused-ring (bicyclic) bond motifs is 2. The van der Waals surface area contributed by atoms with E-state index in [0.717, 1.165) is 10.2 Å². The molecule has 22 heavy (non-hydrogen) atoms. The number of amides is 1. The van der Waals surface area contributed by atoms with Gasteiger partial charge in [0.15, 0.2) is 0 Å². The third-order valence-corrected chi connectivity index (χ3v) is 4.28. The lowest BCUT2D eigenvalue weighted by molar-refractivity contribution is -0.112. The molecular formula is C16H10BrN3O2. The van der Waals surface area contributed by atoms with Crippen molar-refractivity contribution in [2.45, 2.75) is 0 Å². The molecule has 0 radical (unpaired) electrons. The van der Waals surface area contributed by atoms with Gasteiger partial charge in [-0.15, -0.1) is 0 Å². The number of benzene rings is 1. The third kappa shape index (κ3) is 1.67. The number of allylic oxidation sites excluding steroid dienone is 1. The summed E-state index contributed by atoms with van der Waals surface area (Å²) in [6, 6.07) is 9.04. The second kappa shape index (κ2) is 4.51. The number of nitrogens with one attached hydrogen (secondary N) is 1. The minimum absolute atomic E-state index is 0.167. The summed E-state index contributed by atoms with van der Waals surface area (Å²) in [6.45, 7) is 0. The Morgan fingerprint density at radius 2 is 1.95 bits per heavy atom. The van der Waals surface area contributed by atoms with Crippen LogP contribution in [0.3, 0.4) is 0 Å². The number of pyridine rings is 1. The number of rotatable bonds is 0. The van der Waals surface area contributed by atoms with Gasteiger partial charge in [-0.05, 0) is 34.1 Å². The van der Waals surface area contributed by atoms with Crippen molar-refractivity contribution < 1.29 is 9.59 Å². The molecule has 1 aromatic carbocycles. The number of anilines is 2. The topological polar surface area (TPSA) is 62.3 Å². The van der Waals surface area contributed by atoms with Crippen molar-refractivity contribution >= 4 is 44.7 Å². The van der Waals surface area contributed by atoms with E-state index >= 15 is 0 Å². The Hall–Kier alpha value is -2.47. The maximum atomic E-state index is 12.6. The van der Waals surface area contributed by atoms with Crippen molar-refractivity contribution in [3.63, 3.8) is 0 Å². The lowest BCUT2D eigenvalue weighted by atomic mass is 10.0. The van der Waals surface area contributed by atoms with E-state index in [0.29, 0.717) is 28.2 Å². The van der Waals surface area contributed by atoms with Crippen LogP contribution in [0, 0.1) is 0 Å². The Labute approximate surface area is 134 Å². The molecule has 2 aliphatic rings. The van der Waals surface area contributed by atoms with Gasteiger partial charge in [-0.25, -0.2) is 4.98 Å². The van der Waals surface area contributed by atoms with E-state index in [2.05, 4.69) is 26.2 Å². The molecule has 0 saturated carbocycles. The van der Waals surface area contributed by atoms with E-state index in [1.807, 2.05) is 18.2 Å². The van der Waals surface area contributed by atoms with E-state index in [1.165, 1.54) is 4.90 Å². The summed E-state index contributed by atoms with van der Waals surface area (Å²) >= 11 is 3.36. The highest BCUT2D eigenvalue weighted by Crippen LogP contribution is 2.40. The number of carbonyl (C=O) groups is 2. The van der Waals surface area contributed by atoms with Gasteiger partial charge in [-0.1, -0.05) is 12.1 Å². The molecule has 4 rings (SSSR count). The maximum Gasteiger partial charge on any atom is 0.262 e. The zero-order valence-corrected chi connectivity index (χ0v) is 13.1. The average Bonchev–Trinajstić information content (AvgIpc) is 2.96. The summed E-state index contributed by atoms with van der Waals surface area (Å²) in [6.07, 6.45) is 1.63. The number of para-hydroxylation sites is 1. The minimum atomic E-state index is -0.232. The Kier molecular flexibility index (Phi) is 2.71. The van der Waals surface area contributed by atoms with Crippen molar-refractivity contribution in [2.75, 3.05) is 17.3 Å². The number of Topliss-reactive ketones (excluding diaryl/α,β-unsaturated/α-hetero) is 1. The molecule has 2 aromatic rings. The van der Waals surface area contributed by atoms with Crippen LogP contribution >= 0.6 is 15.9 Å². The van der Waals surface area contributed by atoms with Crippen LogP contribution in [0.25, 0.3) is 5.57 Å². The van der Waals surface area contributed by atoms with Gasteiger partial charge in [0.1, 0.15) is 11.5 Å². The van der Waals surface area contributed by atoms with Gasteiger partial charge in [0.25, 0.3) is 5.91 Å². The largest absolute Gasteiger partial charge is 0.351 e. The molecule has 1 N–H and O–H groups in total. The van der Waals surface area contributed by atoms with Crippen LogP contribution in [0.1, 0.15) is 15.9 Å². The molecule has 2 aliphatic heterocycles. The normalized spacial score (nSPS) is 19.3. The monoisotopic (exact) mass is 355 g/mol. The summed E-state index contributed by atoms with van der Waals surface area (Å²) in [5.41, 5.74) is 2.65. The predicted molar refractivity (Wildman–Crippen MR) is 86.7 cm³/mol. The predicted octanol–water partition coefficient (Wildman–Crippen LogP) is 2.84. The smallest absolute Gasteiger partial charge is 0.262 e. The molecule has 1 amide bonds. The molecule has 0 bridgehead atoms. The highest BCUT2D eigenvalue weighted by molar-refractivity contribution is 9.10. The third-order valence-electron chi connectivity index (χ3n) is 3.85. The molecule has 0 saturated heterocycles. The Bertz CT molecular complexity index is 889. The van der Waals surface area contributed by atoms with Gasteiger partial charge in [0, 0.05) is 34.5 Å². The molecule has 5 nitrogen and oxygen atoms in total. The molecule has 0 atom stereocenters. The summed E-state index contributed by atoms with van der Waals surface area (Å²) in [7, 11) is 1.65. The van der Waals surface area contributed by atoms with Crippen LogP contribution < -0.4 is 10.2 Å². The summed E-state index contributed by atoms with van der Waals surface area (Å²) in [5, 5.41) is 3.08. The van der Waals surface area contributed by atoms with Gasteiger partial charge in [-0.3, -0.25) is 14.5 Å². The number of likely N-dealkylation sites (N-methyl/N-ethyl adjacent to an activating group) is 1. The van der Waals surface area contributed by atoms with Crippen molar-refractivity contribution in [2.24, 2.45) is 0 Å². The zero-order chi connectivity index (χ0) is 15.4. The highest BCUT2D eigenvalue weighted by Gasteiger charge is 2.38. The van der Waals surface area contributed by atoms with Crippen LogP contribution in [-0.4, -0.2) is 23.7 Å². The van der Waals surface area contributed by atoms with Crippen LogP contribution in [-0.2, 0) is 4.79 Å². The minimum Gasteiger partial charge on any atom is -0.351 e. The van der Waals surface area contributed by atoms with Gasteiger partial charge in [0.05, 0.1) is 5.57 Å². The maximum absolute atomic E-state index is 12.6. The molecule has 3 heterocycles. The summed E-state index contributed by atoms with van der Waals surface area (Å²) < 4.78 is 0.760. The Morgan fingerprint density at radius 3 is 2.73 bits per heavy atom. The van der Waals surface area contributed by atoms with Crippen molar-refractivity contribution in [3.8, 4) is 0 Å². The number of aromatic nitrogens is 1. The van der Waals surface area contributed by atoms with E-state index in [9.17, 15) is 9.59 Å². The van der Waals surface area contributed by atoms with Crippen molar-refractivity contribution in [1.29, 1.82) is 0 Å². The SMILES string of the molecule is CN1C(=O)/C(=C2\Nc3ccccc3C2=O)c2cc(Br)cnc21. The standard InChI is InChI=1S/C16H10BrN3O2/c1-20-15-10(6-8(17)7-18-15)12(16(20)22)13-14(21)9-4-2-3-5-11(9)19-13/h2-7,19H,1H3/b13-12-. The summed E-state index contributed by atoms with van der Waals surface area (Å²) in [5.74, 6) is 0.158. The van der Waals surface area contributed by atoms with Crippen LogP contribution in [0.15, 0.2) is 46.7 Å². The molecule has 0 fully saturated rings. The van der Waals surface area contributed by atoms with Gasteiger partial charge >= 0.3 is 0 Å². The van der Waals surface area contributed by atoms with Gasteiger partial charge in [0.2, 0.25) is 5.78 Å². The number of ketones is 1. The molecule has 0 spiro atoms. The van der Waals surface area contributed by atoms with E-state index < -0.39 is 0 Å². The molecule has 0 unspecified atom stereocenters. The number of hydrogen-bond acceptors (Lipinski definition) is 4. The van der Waals surface area contributed by atoms with Crippen LogP contribution in [0.5, 0.6) is 0 Å². The fourth-order valence-corrected chi connectivity index (χ4v) is 3.13. The summed E-state index contributed by atoms with van der Waals surface area (Å²) in [4.78, 5) is 30.9. The quantitative estimate of drug-likeness (QED) is 0.738. The lowest BCUT2D eigenvalue weighted by Crippen LogP contribution is -2.22. The Balaban J connectivity index is 1.97. The molecular weight excluding hydrogens is 346 g/mol. The number of carbonyl (C=O) groups excluding carboxylic acids is 2. The first-order valence-electron chi connectivity index (χ1n) is 6.67. The van der Waals surface area contributed by atoms with E-state index in [1.54, 1.807) is 25.4 Å². The van der Waals surface area contributed by atoms with E-state index in [4.69, 9.17) is 0 Å². The second-order valence-corrected chi connectivity index (χ2v) is 6.05. The lowest BCUT2D eigenvalue weighted by Gasteiger charge is -2.07. The molecule has 1 aromatic heterocycles. The molecule has 6 heteroatoms. The number of nitrogens with zero attached hydrogens (tertiary/aromatic N) is 2. The fraction of sp³-hybridized carbons (Fsp3) is 0.0625. The van der Waals surface area contributed by atoms with Crippen LogP contribution in [0.4, 0.5) is 11.5 Å². The van der Waals surface area contributed by atoms with Crippen LogP contribution in [0.2, 0.25) is 0 Å². The Morgan fingerprint density at radius 1 is 1.18 bits per heavy atom. The van der Waals surface area contributed by atoms with Crippen molar-refractivity contribution in [1.82, 2.24) is 4.98 Å². The fourth-order valence-electron chi connectivity index (χ4n) is 2.80. The van der Waals surface area contributed by atoms with E-state index in [-0.39, 0.29) is 11.7 Å². The molecule has 108 valence electrons. The zero-order valence-electron chi connectivity index (χ0n) is 11.6. The van der Waals surface area contributed by atoms with Gasteiger partial charge in [-0.2, -0.15) is 0 Å². The average molecular weight is 356 g/mol. The number of halogens is 1. The van der Waals surface area contributed by atoms with Gasteiger partial charge < -0.3 is 5.32 Å².